The lowest BCUT2D eigenvalue weighted by molar-refractivity contribution is -0.111. The van der Waals surface area contributed by atoms with Gasteiger partial charge in [0.1, 0.15) is 5.82 Å². The summed E-state index contributed by atoms with van der Waals surface area (Å²) in [5.74, 6) is 3.49. The van der Waals surface area contributed by atoms with E-state index in [4.69, 9.17) is 14.6 Å². The smallest absolute Gasteiger partial charge is 0.249 e. The van der Waals surface area contributed by atoms with Crippen molar-refractivity contribution in [1.82, 2.24) is 9.78 Å². The minimum absolute atomic E-state index is 0.212. The zero-order valence-electron chi connectivity index (χ0n) is 16.2. The van der Waals surface area contributed by atoms with Crippen molar-refractivity contribution in [3.8, 4) is 17.2 Å². The third kappa shape index (κ3) is 4.00. The van der Waals surface area contributed by atoms with Crippen molar-refractivity contribution < 1.29 is 14.3 Å². The predicted molar refractivity (Wildman–Crippen MR) is 116 cm³/mol. The molecule has 1 aromatic heterocycles. The SMILES string of the molecule is COc1ccc(C=CC(=O)Nc2c3c(nn2-c2ccccc2)CSC3)cc1OC. The van der Waals surface area contributed by atoms with Crippen LogP contribution in [0.2, 0.25) is 0 Å². The van der Waals surface area contributed by atoms with E-state index < -0.39 is 0 Å². The maximum atomic E-state index is 12.6. The number of rotatable bonds is 6. The standard InChI is InChI=1S/C22H21N3O3S/c1-27-19-10-8-15(12-20(19)28-2)9-11-21(26)23-22-17-13-29-14-18(17)24-25(22)16-6-4-3-5-7-16/h3-12H,13-14H2,1-2H3,(H,23,26). The van der Waals surface area contributed by atoms with Crippen molar-refractivity contribution in [3.63, 3.8) is 0 Å². The molecule has 148 valence electrons. The average molecular weight is 407 g/mol. The van der Waals surface area contributed by atoms with Crippen LogP contribution in [-0.4, -0.2) is 29.9 Å². The van der Waals surface area contributed by atoms with Crippen molar-refractivity contribution in [3.05, 3.63) is 71.4 Å². The van der Waals surface area contributed by atoms with E-state index >= 15 is 0 Å². The van der Waals surface area contributed by atoms with Crippen molar-refractivity contribution in [1.29, 1.82) is 0 Å². The largest absolute Gasteiger partial charge is 0.493 e. The number of methoxy groups -OCH3 is 2. The topological polar surface area (TPSA) is 65.4 Å². The van der Waals surface area contributed by atoms with E-state index in [1.807, 2.05) is 53.2 Å². The lowest BCUT2D eigenvalue weighted by atomic mass is 10.2. The highest BCUT2D eigenvalue weighted by atomic mass is 32.2. The lowest BCUT2D eigenvalue weighted by Gasteiger charge is -2.10. The van der Waals surface area contributed by atoms with Gasteiger partial charge in [-0.2, -0.15) is 16.9 Å². The van der Waals surface area contributed by atoms with E-state index in [0.717, 1.165) is 39.8 Å². The van der Waals surface area contributed by atoms with Crippen LogP contribution >= 0.6 is 11.8 Å². The molecule has 1 N–H and O–H groups in total. The molecular weight excluding hydrogens is 386 g/mol. The van der Waals surface area contributed by atoms with Gasteiger partial charge in [0.25, 0.3) is 0 Å². The Morgan fingerprint density at radius 1 is 1.10 bits per heavy atom. The Bertz CT molecular complexity index is 1060. The quantitative estimate of drug-likeness (QED) is 0.618. The first-order valence-electron chi connectivity index (χ1n) is 9.14. The van der Waals surface area contributed by atoms with Gasteiger partial charge in [-0.1, -0.05) is 24.3 Å². The van der Waals surface area contributed by atoms with E-state index in [-0.39, 0.29) is 5.91 Å². The van der Waals surface area contributed by atoms with Crippen LogP contribution in [0, 0.1) is 0 Å². The summed E-state index contributed by atoms with van der Waals surface area (Å²) in [4.78, 5) is 12.6. The monoisotopic (exact) mass is 407 g/mol. The summed E-state index contributed by atoms with van der Waals surface area (Å²) in [5, 5.41) is 7.72. The fraction of sp³-hybridized carbons (Fsp3) is 0.182. The summed E-state index contributed by atoms with van der Waals surface area (Å²) in [6.07, 6.45) is 3.26. The van der Waals surface area contributed by atoms with Crippen molar-refractivity contribution >= 4 is 29.6 Å². The first-order valence-corrected chi connectivity index (χ1v) is 10.3. The second-order valence-electron chi connectivity index (χ2n) is 6.45. The first-order chi connectivity index (χ1) is 14.2. The molecule has 1 aliphatic heterocycles. The van der Waals surface area contributed by atoms with Gasteiger partial charge in [0.15, 0.2) is 11.5 Å². The van der Waals surface area contributed by atoms with E-state index in [9.17, 15) is 4.79 Å². The number of amides is 1. The summed E-state index contributed by atoms with van der Waals surface area (Å²) in [7, 11) is 3.18. The first kappa shape index (κ1) is 19.1. The minimum Gasteiger partial charge on any atom is -0.493 e. The minimum atomic E-state index is -0.212. The Morgan fingerprint density at radius 2 is 1.90 bits per heavy atom. The van der Waals surface area contributed by atoms with Gasteiger partial charge in [-0.15, -0.1) is 0 Å². The lowest BCUT2D eigenvalue weighted by Crippen LogP contribution is -2.13. The summed E-state index contributed by atoms with van der Waals surface area (Å²) in [6.45, 7) is 0. The molecule has 4 rings (SSSR count). The van der Waals surface area contributed by atoms with Crippen molar-refractivity contribution in [2.45, 2.75) is 11.5 Å². The van der Waals surface area contributed by atoms with Crippen LogP contribution in [0.4, 0.5) is 5.82 Å². The number of para-hydroxylation sites is 1. The fourth-order valence-electron chi connectivity index (χ4n) is 3.18. The molecule has 3 aromatic rings. The third-order valence-electron chi connectivity index (χ3n) is 4.63. The fourth-order valence-corrected chi connectivity index (χ4v) is 4.22. The van der Waals surface area contributed by atoms with Crippen LogP contribution in [-0.2, 0) is 16.3 Å². The molecule has 0 saturated carbocycles. The van der Waals surface area contributed by atoms with Crippen LogP contribution in [0.3, 0.4) is 0 Å². The van der Waals surface area contributed by atoms with Crippen LogP contribution in [0.1, 0.15) is 16.8 Å². The van der Waals surface area contributed by atoms with Crippen molar-refractivity contribution in [2.75, 3.05) is 19.5 Å². The Hall–Kier alpha value is -3.19. The number of fused-ring (bicyclic) bond motifs is 1. The van der Waals surface area contributed by atoms with E-state index in [0.29, 0.717) is 11.5 Å². The second-order valence-corrected chi connectivity index (χ2v) is 7.44. The van der Waals surface area contributed by atoms with Crippen LogP contribution in [0.5, 0.6) is 11.5 Å². The summed E-state index contributed by atoms with van der Waals surface area (Å²) in [5.41, 5.74) is 3.88. The summed E-state index contributed by atoms with van der Waals surface area (Å²) < 4.78 is 12.4. The van der Waals surface area contributed by atoms with Crippen LogP contribution in [0.15, 0.2) is 54.6 Å². The molecule has 0 unspecified atom stereocenters. The van der Waals surface area contributed by atoms with Gasteiger partial charge in [0.2, 0.25) is 5.91 Å². The van der Waals surface area contributed by atoms with E-state index in [2.05, 4.69) is 5.32 Å². The van der Waals surface area contributed by atoms with E-state index in [1.54, 1.807) is 32.1 Å². The third-order valence-corrected chi connectivity index (χ3v) is 5.60. The Morgan fingerprint density at radius 3 is 2.66 bits per heavy atom. The van der Waals surface area contributed by atoms with Gasteiger partial charge >= 0.3 is 0 Å². The molecule has 0 aliphatic carbocycles. The van der Waals surface area contributed by atoms with Gasteiger partial charge in [0.05, 0.1) is 25.6 Å². The molecule has 0 spiro atoms. The molecule has 0 fully saturated rings. The van der Waals surface area contributed by atoms with Crippen molar-refractivity contribution in [2.24, 2.45) is 0 Å². The zero-order valence-corrected chi connectivity index (χ0v) is 17.0. The molecule has 0 radical (unpaired) electrons. The number of nitrogens with zero attached hydrogens (tertiary/aromatic N) is 2. The number of carbonyl (C=O) groups is 1. The Kier molecular flexibility index (Phi) is 5.57. The van der Waals surface area contributed by atoms with E-state index in [1.165, 1.54) is 6.08 Å². The highest BCUT2D eigenvalue weighted by Gasteiger charge is 2.24. The maximum absolute atomic E-state index is 12.6. The molecule has 7 heteroatoms. The Labute approximate surface area is 173 Å². The predicted octanol–water partition coefficient (Wildman–Crippen LogP) is 4.29. The second kappa shape index (κ2) is 8.45. The molecule has 0 saturated heterocycles. The van der Waals surface area contributed by atoms with Gasteiger partial charge in [-0.3, -0.25) is 4.79 Å². The molecule has 0 bridgehead atoms. The number of carbonyl (C=O) groups excluding carboxylic acids is 1. The zero-order chi connectivity index (χ0) is 20.2. The Balaban J connectivity index is 1.57. The molecular formula is C22H21N3O3S. The molecule has 1 amide bonds. The molecule has 2 aromatic carbocycles. The normalized spacial score (nSPS) is 12.8. The van der Waals surface area contributed by atoms with Gasteiger partial charge < -0.3 is 14.8 Å². The number of hydrogen-bond acceptors (Lipinski definition) is 5. The molecule has 29 heavy (non-hydrogen) atoms. The number of ether oxygens (including phenoxy) is 2. The number of nitrogens with one attached hydrogen (secondary N) is 1. The number of anilines is 1. The molecule has 1 aliphatic rings. The van der Waals surface area contributed by atoms with Crippen LogP contribution in [0.25, 0.3) is 11.8 Å². The summed E-state index contributed by atoms with van der Waals surface area (Å²) in [6, 6.07) is 15.3. The van der Waals surface area contributed by atoms with Gasteiger partial charge in [-0.05, 0) is 35.9 Å². The summed E-state index contributed by atoms with van der Waals surface area (Å²) >= 11 is 1.80. The number of hydrogen-bond donors (Lipinski definition) is 1. The molecule has 6 nitrogen and oxygen atoms in total. The number of benzene rings is 2. The van der Waals surface area contributed by atoms with Gasteiger partial charge in [0, 0.05) is 23.1 Å². The average Bonchev–Trinajstić information content (AvgIpc) is 3.35. The van der Waals surface area contributed by atoms with Gasteiger partial charge in [-0.25, -0.2) is 4.68 Å². The number of thioether (sulfide) groups is 1. The molecule has 0 atom stereocenters. The highest BCUT2D eigenvalue weighted by Crippen LogP contribution is 2.36. The maximum Gasteiger partial charge on any atom is 0.249 e. The molecule has 2 heterocycles. The number of aromatic nitrogens is 2. The van der Waals surface area contributed by atoms with Crippen LogP contribution < -0.4 is 14.8 Å². The highest BCUT2D eigenvalue weighted by molar-refractivity contribution is 7.98.